The lowest BCUT2D eigenvalue weighted by molar-refractivity contribution is -0.121. The summed E-state index contributed by atoms with van der Waals surface area (Å²) >= 11 is 0. The average Bonchev–Trinajstić information content (AvgIpc) is 2.67. The molecule has 0 spiro atoms. The number of carbonyl (C=O) groups is 2. The maximum Gasteiger partial charge on any atom is 0.253 e. The van der Waals surface area contributed by atoms with Gasteiger partial charge in [0.05, 0.1) is 0 Å². The summed E-state index contributed by atoms with van der Waals surface area (Å²) in [5, 5.41) is 2.98. The summed E-state index contributed by atoms with van der Waals surface area (Å²) in [5.41, 5.74) is 3.07. The molecule has 1 aliphatic heterocycles. The number of piperidine rings is 1. The summed E-state index contributed by atoms with van der Waals surface area (Å²) in [6, 6.07) is 8.92. The van der Waals surface area contributed by atoms with Crippen molar-refractivity contribution in [2.75, 3.05) is 18.4 Å². The van der Waals surface area contributed by atoms with E-state index < -0.39 is 11.6 Å². The Kier molecular flexibility index (Phi) is 5.54. The summed E-state index contributed by atoms with van der Waals surface area (Å²) in [6.45, 7) is 4.77. The van der Waals surface area contributed by atoms with E-state index in [0.717, 1.165) is 28.9 Å². The van der Waals surface area contributed by atoms with Gasteiger partial charge in [-0.3, -0.25) is 9.59 Å². The SMILES string of the molecule is Cc1cccc(NC(=O)C2CCN(C(=O)c3ccc(F)c(F)c3)CC2)c1C. The van der Waals surface area contributed by atoms with E-state index >= 15 is 0 Å². The number of nitrogens with zero attached hydrogens (tertiary/aromatic N) is 1. The van der Waals surface area contributed by atoms with Crippen LogP contribution in [0.3, 0.4) is 0 Å². The van der Waals surface area contributed by atoms with Crippen LogP contribution in [0.25, 0.3) is 0 Å². The van der Waals surface area contributed by atoms with Crippen LogP contribution in [0.2, 0.25) is 0 Å². The van der Waals surface area contributed by atoms with E-state index in [1.165, 1.54) is 6.07 Å². The monoisotopic (exact) mass is 372 g/mol. The number of amides is 2. The number of rotatable bonds is 3. The molecule has 6 heteroatoms. The predicted octanol–water partition coefficient (Wildman–Crippen LogP) is 4.07. The molecule has 0 unspecified atom stereocenters. The van der Waals surface area contributed by atoms with E-state index in [4.69, 9.17) is 0 Å². The molecule has 27 heavy (non-hydrogen) atoms. The second-order valence-electron chi connectivity index (χ2n) is 6.93. The van der Waals surface area contributed by atoms with Crippen LogP contribution >= 0.6 is 0 Å². The summed E-state index contributed by atoms with van der Waals surface area (Å²) in [4.78, 5) is 26.6. The topological polar surface area (TPSA) is 49.4 Å². The van der Waals surface area contributed by atoms with E-state index in [9.17, 15) is 18.4 Å². The molecule has 4 nitrogen and oxygen atoms in total. The van der Waals surface area contributed by atoms with E-state index in [1.807, 2.05) is 32.0 Å². The lowest BCUT2D eigenvalue weighted by Crippen LogP contribution is -2.41. The van der Waals surface area contributed by atoms with Crippen LogP contribution in [0.1, 0.15) is 34.3 Å². The molecule has 2 amide bonds. The molecule has 3 rings (SSSR count). The first-order valence-corrected chi connectivity index (χ1v) is 8.98. The Morgan fingerprint density at radius 2 is 1.74 bits per heavy atom. The van der Waals surface area contributed by atoms with Crippen LogP contribution in [0, 0.1) is 31.4 Å². The number of likely N-dealkylation sites (tertiary alicyclic amines) is 1. The lowest BCUT2D eigenvalue weighted by atomic mass is 9.95. The molecule has 1 fully saturated rings. The Hall–Kier alpha value is -2.76. The maximum absolute atomic E-state index is 13.3. The molecule has 142 valence electrons. The molecule has 0 bridgehead atoms. The van der Waals surface area contributed by atoms with E-state index in [0.29, 0.717) is 25.9 Å². The molecule has 1 N–H and O–H groups in total. The lowest BCUT2D eigenvalue weighted by Gasteiger charge is -2.31. The van der Waals surface area contributed by atoms with Crippen LogP contribution in [0.15, 0.2) is 36.4 Å². The first kappa shape index (κ1) is 19.0. The molecule has 0 aromatic heterocycles. The molecule has 2 aromatic carbocycles. The molecule has 0 radical (unpaired) electrons. The molecule has 0 atom stereocenters. The first-order chi connectivity index (χ1) is 12.9. The third-order valence-corrected chi connectivity index (χ3v) is 5.18. The molecule has 0 aliphatic carbocycles. The number of aryl methyl sites for hydroxylation is 1. The van der Waals surface area contributed by atoms with Crippen molar-refractivity contribution in [2.24, 2.45) is 5.92 Å². The van der Waals surface area contributed by atoms with Gasteiger partial charge in [0.1, 0.15) is 0 Å². The highest BCUT2D eigenvalue weighted by atomic mass is 19.2. The molecular weight excluding hydrogens is 350 g/mol. The fourth-order valence-electron chi connectivity index (χ4n) is 3.28. The first-order valence-electron chi connectivity index (χ1n) is 8.98. The third-order valence-electron chi connectivity index (χ3n) is 5.18. The normalized spacial score (nSPS) is 14.9. The van der Waals surface area contributed by atoms with Gasteiger partial charge in [-0.2, -0.15) is 0 Å². The minimum absolute atomic E-state index is 0.0522. The van der Waals surface area contributed by atoms with Gasteiger partial charge in [0, 0.05) is 30.3 Å². The molecule has 1 saturated heterocycles. The molecular formula is C21H22F2N2O2. The van der Waals surface area contributed by atoms with Gasteiger partial charge < -0.3 is 10.2 Å². The van der Waals surface area contributed by atoms with Gasteiger partial charge in [0.2, 0.25) is 5.91 Å². The quantitative estimate of drug-likeness (QED) is 0.883. The van der Waals surface area contributed by atoms with Crippen molar-refractivity contribution in [3.8, 4) is 0 Å². The smallest absolute Gasteiger partial charge is 0.253 e. The van der Waals surface area contributed by atoms with Gasteiger partial charge in [-0.25, -0.2) is 8.78 Å². The van der Waals surface area contributed by atoms with Crippen molar-refractivity contribution in [1.82, 2.24) is 4.90 Å². The Morgan fingerprint density at radius 1 is 1.04 bits per heavy atom. The van der Waals surface area contributed by atoms with Gasteiger partial charge in [-0.15, -0.1) is 0 Å². The summed E-state index contributed by atoms with van der Waals surface area (Å²) in [5.74, 6) is -2.60. The largest absolute Gasteiger partial charge is 0.339 e. The minimum atomic E-state index is -1.04. The van der Waals surface area contributed by atoms with E-state index in [1.54, 1.807) is 4.90 Å². The van der Waals surface area contributed by atoms with Crippen LogP contribution in [-0.4, -0.2) is 29.8 Å². The third kappa shape index (κ3) is 4.15. The van der Waals surface area contributed by atoms with Crippen molar-refractivity contribution < 1.29 is 18.4 Å². The Bertz CT molecular complexity index is 874. The fourth-order valence-corrected chi connectivity index (χ4v) is 3.28. The predicted molar refractivity (Wildman–Crippen MR) is 99.5 cm³/mol. The van der Waals surface area contributed by atoms with Gasteiger partial charge >= 0.3 is 0 Å². The van der Waals surface area contributed by atoms with Gasteiger partial charge in [-0.05, 0) is 62.1 Å². The summed E-state index contributed by atoms with van der Waals surface area (Å²) in [7, 11) is 0. The summed E-state index contributed by atoms with van der Waals surface area (Å²) in [6.07, 6.45) is 1.07. The second-order valence-corrected chi connectivity index (χ2v) is 6.93. The number of carbonyl (C=O) groups excluding carboxylic acids is 2. The van der Waals surface area contributed by atoms with Gasteiger partial charge in [0.25, 0.3) is 5.91 Å². The van der Waals surface area contributed by atoms with E-state index in [-0.39, 0.29) is 23.3 Å². The number of hydrogen-bond acceptors (Lipinski definition) is 2. The highest BCUT2D eigenvalue weighted by molar-refractivity contribution is 5.95. The van der Waals surface area contributed by atoms with Crippen molar-refractivity contribution in [2.45, 2.75) is 26.7 Å². The number of benzene rings is 2. The molecule has 0 saturated carbocycles. The Morgan fingerprint density at radius 3 is 2.41 bits per heavy atom. The molecule has 1 aliphatic rings. The van der Waals surface area contributed by atoms with Gasteiger partial charge in [0.15, 0.2) is 11.6 Å². The number of hydrogen-bond donors (Lipinski definition) is 1. The molecule has 2 aromatic rings. The van der Waals surface area contributed by atoms with Crippen molar-refractivity contribution in [1.29, 1.82) is 0 Å². The second kappa shape index (κ2) is 7.86. The van der Waals surface area contributed by atoms with Crippen molar-refractivity contribution in [3.05, 3.63) is 64.7 Å². The average molecular weight is 372 g/mol. The standard InChI is InChI=1S/C21H22F2N2O2/c1-13-4-3-5-19(14(13)2)24-20(26)15-8-10-25(11-9-15)21(27)16-6-7-17(22)18(23)12-16/h3-7,12,15H,8-11H2,1-2H3,(H,24,26). The fraction of sp³-hybridized carbons (Fsp3) is 0.333. The number of anilines is 1. The van der Waals surface area contributed by atoms with Gasteiger partial charge in [-0.1, -0.05) is 12.1 Å². The van der Waals surface area contributed by atoms with Crippen LogP contribution in [0.4, 0.5) is 14.5 Å². The minimum Gasteiger partial charge on any atom is -0.339 e. The molecule has 1 heterocycles. The van der Waals surface area contributed by atoms with Crippen LogP contribution < -0.4 is 5.32 Å². The zero-order valence-electron chi connectivity index (χ0n) is 15.4. The van der Waals surface area contributed by atoms with Crippen molar-refractivity contribution >= 4 is 17.5 Å². The Labute approximate surface area is 157 Å². The van der Waals surface area contributed by atoms with Crippen LogP contribution in [-0.2, 0) is 4.79 Å². The zero-order valence-corrected chi connectivity index (χ0v) is 15.4. The highest BCUT2D eigenvalue weighted by Gasteiger charge is 2.28. The highest BCUT2D eigenvalue weighted by Crippen LogP contribution is 2.23. The van der Waals surface area contributed by atoms with Crippen molar-refractivity contribution in [3.63, 3.8) is 0 Å². The number of nitrogens with one attached hydrogen (secondary N) is 1. The Balaban J connectivity index is 1.59. The summed E-state index contributed by atoms with van der Waals surface area (Å²) < 4.78 is 26.4. The van der Waals surface area contributed by atoms with E-state index in [2.05, 4.69) is 5.32 Å². The zero-order chi connectivity index (χ0) is 19.6. The number of halogens is 2. The van der Waals surface area contributed by atoms with Crippen LogP contribution in [0.5, 0.6) is 0 Å². The maximum atomic E-state index is 13.3.